The summed E-state index contributed by atoms with van der Waals surface area (Å²) in [5, 5.41) is 25.5. The molecule has 148 valence electrons. The number of hydrogen-bond donors (Lipinski definition) is 2. The maximum Gasteiger partial charge on any atom is 0.279 e. The molecule has 2 N–H and O–H groups in total. The summed E-state index contributed by atoms with van der Waals surface area (Å²) in [5.74, 6) is 0.539. The zero-order valence-electron chi connectivity index (χ0n) is 15.4. The van der Waals surface area contributed by atoms with E-state index < -0.39 is 11.0 Å². The maximum atomic E-state index is 12.2. The third-order valence-electron chi connectivity index (χ3n) is 4.74. The van der Waals surface area contributed by atoms with Gasteiger partial charge in [-0.15, -0.1) is 0 Å². The first kappa shape index (κ1) is 18.5. The molecule has 0 unspecified atom stereocenters. The molecule has 1 aromatic heterocycles. The van der Waals surface area contributed by atoms with E-state index in [1.807, 2.05) is 0 Å². The van der Waals surface area contributed by atoms with Crippen molar-refractivity contribution in [3.63, 3.8) is 0 Å². The topological polar surface area (TPSA) is 124 Å². The van der Waals surface area contributed by atoms with E-state index in [-0.39, 0.29) is 47.0 Å². The Balaban J connectivity index is 1.93. The molecule has 0 aliphatic carbocycles. The Bertz CT molecular complexity index is 1130. The molecule has 1 atom stereocenters. The molecule has 3 aromatic rings. The molecular weight excluding hydrogens is 378 g/mol. The highest BCUT2D eigenvalue weighted by Crippen LogP contribution is 2.41. The summed E-state index contributed by atoms with van der Waals surface area (Å²) in [6.07, 6.45) is 1.64. The van der Waals surface area contributed by atoms with E-state index in [1.54, 1.807) is 31.2 Å². The zero-order chi connectivity index (χ0) is 20.5. The van der Waals surface area contributed by atoms with Crippen molar-refractivity contribution in [2.45, 2.75) is 19.4 Å². The van der Waals surface area contributed by atoms with E-state index in [4.69, 9.17) is 9.47 Å². The van der Waals surface area contributed by atoms with Crippen LogP contribution in [-0.4, -0.2) is 27.7 Å². The molecule has 1 aliphatic heterocycles. The number of aromatic hydroxyl groups is 1. The van der Waals surface area contributed by atoms with Crippen molar-refractivity contribution in [1.82, 2.24) is 10.3 Å². The molecular formula is C20H17N3O6. The van der Waals surface area contributed by atoms with E-state index in [9.17, 15) is 20.0 Å². The minimum Gasteiger partial charge on any atom is -0.505 e. The predicted octanol–water partition coefficient (Wildman–Crippen LogP) is 3.19. The monoisotopic (exact) mass is 395 g/mol. The van der Waals surface area contributed by atoms with Crippen LogP contribution in [0.15, 0.2) is 42.6 Å². The van der Waals surface area contributed by atoms with Crippen LogP contribution < -0.4 is 14.8 Å². The van der Waals surface area contributed by atoms with Gasteiger partial charge in [0.25, 0.3) is 5.69 Å². The van der Waals surface area contributed by atoms with Gasteiger partial charge in [0.2, 0.25) is 12.7 Å². The number of carbonyl (C=O) groups is 1. The third kappa shape index (κ3) is 3.27. The van der Waals surface area contributed by atoms with Gasteiger partial charge in [0, 0.05) is 24.2 Å². The average Bonchev–Trinajstić information content (AvgIpc) is 3.20. The Morgan fingerprint density at radius 1 is 1.31 bits per heavy atom. The highest BCUT2D eigenvalue weighted by Gasteiger charge is 2.28. The summed E-state index contributed by atoms with van der Waals surface area (Å²) >= 11 is 0. The number of fused-ring (bicyclic) bond motifs is 2. The van der Waals surface area contributed by atoms with Crippen molar-refractivity contribution >= 4 is 22.5 Å². The zero-order valence-corrected chi connectivity index (χ0v) is 15.4. The number of aromatic nitrogens is 1. The number of non-ortho nitro benzene ring substituents is 1. The van der Waals surface area contributed by atoms with Gasteiger partial charge in [0.05, 0.1) is 16.4 Å². The third-order valence-corrected chi connectivity index (χ3v) is 4.74. The summed E-state index contributed by atoms with van der Waals surface area (Å²) in [6, 6.07) is 8.58. The van der Waals surface area contributed by atoms with Crippen molar-refractivity contribution in [3.8, 4) is 17.2 Å². The van der Waals surface area contributed by atoms with Gasteiger partial charge in [-0.2, -0.15) is 0 Å². The Morgan fingerprint density at radius 2 is 2.10 bits per heavy atom. The number of rotatable bonds is 5. The van der Waals surface area contributed by atoms with Crippen LogP contribution in [-0.2, 0) is 4.79 Å². The van der Waals surface area contributed by atoms with E-state index in [2.05, 4.69) is 10.3 Å². The minimum atomic E-state index is -0.845. The molecule has 4 rings (SSSR count). The molecule has 2 heterocycles. The van der Waals surface area contributed by atoms with Crippen LogP contribution in [0.25, 0.3) is 10.9 Å². The second kappa shape index (κ2) is 7.27. The molecule has 9 nitrogen and oxygen atoms in total. The van der Waals surface area contributed by atoms with Gasteiger partial charge in [0.1, 0.15) is 11.3 Å². The number of amides is 1. The largest absolute Gasteiger partial charge is 0.505 e. The number of carbonyl (C=O) groups excluding carboxylic acids is 1. The lowest BCUT2D eigenvalue weighted by Crippen LogP contribution is -2.28. The summed E-state index contributed by atoms with van der Waals surface area (Å²) in [5.41, 5.74) is 0.630. The van der Waals surface area contributed by atoms with Gasteiger partial charge in [-0.25, -0.2) is 0 Å². The normalized spacial score (nSPS) is 13.3. The lowest BCUT2D eigenvalue weighted by molar-refractivity contribution is -0.383. The molecule has 0 bridgehead atoms. The molecule has 0 saturated carbocycles. The molecule has 0 spiro atoms. The van der Waals surface area contributed by atoms with E-state index >= 15 is 0 Å². The van der Waals surface area contributed by atoms with Crippen LogP contribution in [0.1, 0.15) is 30.5 Å². The van der Waals surface area contributed by atoms with E-state index in [0.717, 1.165) is 0 Å². The molecule has 1 amide bonds. The minimum absolute atomic E-state index is 0.0847. The number of pyridine rings is 1. The maximum absolute atomic E-state index is 12.2. The first-order valence-corrected chi connectivity index (χ1v) is 8.93. The number of ether oxygens (including phenoxy) is 2. The highest BCUT2D eigenvalue weighted by atomic mass is 16.7. The second-order valence-electron chi connectivity index (χ2n) is 6.46. The number of nitro benzene ring substituents is 1. The molecule has 2 aromatic carbocycles. The molecule has 0 saturated heterocycles. The van der Waals surface area contributed by atoms with Crippen LogP contribution in [0.3, 0.4) is 0 Å². The van der Waals surface area contributed by atoms with Crippen molar-refractivity contribution < 1.29 is 24.3 Å². The number of nitro groups is 1. The van der Waals surface area contributed by atoms with Crippen LogP contribution in [0.4, 0.5) is 5.69 Å². The fourth-order valence-electron chi connectivity index (χ4n) is 3.30. The van der Waals surface area contributed by atoms with Crippen LogP contribution in [0.2, 0.25) is 0 Å². The Hall–Kier alpha value is -3.88. The first-order valence-electron chi connectivity index (χ1n) is 8.93. The fraction of sp³-hybridized carbons (Fsp3) is 0.200. The summed E-state index contributed by atoms with van der Waals surface area (Å²) in [4.78, 5) is 27.4. The van der Waals surface area contributed by atoms with Crippen LogP contribution >= 0.6 is 0 Å². The van der Waals surface area contributed by atoms with Crippen molar-refractivity contribution in [1.29, 1.82) is 0 Å². The molecule has 1 aliphatic rings. The van der Waals surface area contributed by atoms with Gasteiger partial charge < -0.3 is 19.9 Å². The first-order chi connectivity index (χ1) is 14.0. The average molecular weight is 395 g/mol. The highest BCUT2D eigenvalue weighted by molar-refractivity contribution is 5.94. The van der Waals surface area contributed by atoms with Crippen molar-refractivity contribution in [3.05, 3.63) is 63.8 Å². The van der Waals surface area contributed by atoms with Gasteiger partial charge in [-0.1, -0.05) is 13.0 Å². The van der Waals surface area contributed by atoms with E-state index in [0.29, 0.717) is 17.1 Å². The molecule has 29 heavy (non-hydrogen) atoms. The molecule has 0 radical (unpaired) electrons. The number of nitrogens with zero attached hydrogens (tertiary/aromatic N) is 2. The molecule has 0 fully saturated rings. The molecule has 9 heteroatoms. The van der Waals surface area contributed by atoms with Gasteiger partial charge >= 0.3 is 0 Å². The van der Waals surface area contributed by atoms with Crippen molar-refractivity contribution in [2.24, 2.45) is 0 Å². The van der Waals surface area contributed by atoms with Gasteiger partial charge in [0.15, 0.2) is 11.5 Å². The smallest absolute Gasteiger partial charge is 0.279 e. The number of phenolic OH excluding ortho intramolecular Hbond substituents is 1. The van der Waals surface area contributed by atoms with Crippen molar-refractivity contribution in [2.75, 3.05) is 6.79 Å². The van der Waals surface area contributed by atoms with Crippen LogP contribution in [0, 0.1) is 10.1 Å². The van der Waals surface area contributed by atoms with E-state index in [1.165, 1.54) is 18.3 Å². The standard InChI is InChI=1S/C20H17N3O6/c1-2-17(24)22-18(11-5-6-15-16(8-11)29-10-28-15)13-9-14(23(26)27)12-4-3-7-21-19(12)20(13)25/h3-9,18,25H,2,10H2,1H3,(H,22,24)/t18-/m1/s1. The number of hydrogen-bond acceptors (Lipinski definition) is 7. The fourth-order valence-corrected chi connectivity index (χ4v) is 3.30. The Labute approximate surface area is 165 Å². The second-order valence-corrected chi connectivity index (χ2v) is 6.46. The van der Waals surface area contributed by atoms with Gasteiger partial charge in [-0.05, 0) is 29.8 Å². The predicted molar refractivity (Wildman–Crippen MR) is 103 cm³/mol. The Morgan fingerprint density at radius 3 is 2.86 bits per heavy atom. The lowest BCUT2D eigenvalue weighted by atomic mass is 9.95. The number of nitrogens with one attached hydrogen (secondary N) is 1. The van der Waals surface area contributed by atoms with Crippen LogP contribution in [0.5, 0.6) is 17.2 Å². The number of phenols is 1. The lowest BCUT2D eigenvalue weighted by Gasteiger charge is -2.21. The summed E-state index contributed by atoms with van der Waals surface area (Å²) in [7, 11) is 0. The Kier molecular flexibility index (Phi) is 4.63. The summed E-state index contributed by atoms with van der Waals surface area (Å²) in [6.45, 7) is 1.78. The van der Waals surface area contributed by atoms with Gasteiger partial charge in [-0.3, -0.25) is 19.9 Å². The quantitative estimate of drug-likeness (QED) is 0.502. The summed E-state index contributed by atoms with van der Waals surface area (Å²) < 4.78 is 10.7. The number of benzene rings is 2. The SMILES string of the molecule is CCC(=O)N[C@H](c1ccc2c(c1)OCO2)c1cc([N+](=O)[O-])c2cccnc2c1O.